The van der Waals surface area contributed by atoms with Crippen molar-refractivity contribution in [1.82, 2.24) is 4.90 Å². The number of aliphatic hydroxyl groups is 3. The van der Waals surface area contributed by atoms with Crippen LogP contribution in [0.25, 0.3) is 0 Å². The van der Waals surface area contributed by atoms with Crippen LogP contribution in [0.3, 0.4) is 0 Å². The fourth-order valence-electron chi connectivity index (χ4n) is 3.70. The van der Waals surface area contributed by atoms with Gasteiger partial charge in [-0.15, -0.1) is 0 Å². The first-order chi connectivity index (χ1) is 16.6. The van der Waals surface area contributed by atoms with Crippen molar-refractivity contribution in [3.63, 3.8) is 0 Å². The fraction of sp³-hybridized carbons (Fsp3) is 0.938. The first kappa shape index (κ1) is 35.9. The molecule has 0 aromatic heterocycles. The van der Waals surface area contributed by atoms with Gasteiger partial charge < -0.3 is 52.6 Å². The van der Waals surface area contributed by atoms with Gasteiger partial charge in [-0.2, -0.15) is 16.8 Å². The molecule has 1 saturated carbocycles. The lowest BCUT2D eigenvalue weighted by Crippen LogP contribution is -2.72. The van der Waals surface area contributed by atoms with Gasteiger partial charge in [-0.1, -0.05) is 0 Å². The minimum Gasteiger partial charge on any atom is -0.389 e. The van der Waals surface area contributed by atoms with E-state index in [2.05, 4.69) is 0 Å². The summed E-state index contributed by atoms with van der Waals surface area (Å²) in [6.07, 6.45) is -5.27. The molecule has 222 valence electrons. The molecular weight excluding hydrogens is 550 g/mol. The Balaban J connectivity index is 0.00000110. The lowest BCUT2D eigenvalue weighted by atomic mass is 9.81. The number of nitrogens with zero attached hydrogens (tertiary/aromatic N) is 1. The molecule has 15 N–H and O–H groups in total. The van der Waals surface area contributed by atoms with E-state index in [1.54, 1.807) is 0 Å². The van der Waals surface area contributed by atoms with Crippen molar-refractivity contribution in [3.8, 4) is 0 Å². The average molecular weight is 588 g/mol. The summed E-state index contributed by atoms with van der Waals surface area (Å²) in [5.74, 6) is -0.512. The molecule has 1 heterocycles. The summed E-state index contributed by atoms with van der Waals surface area (Å²) in [5.41, 5.74) is 23.3. The van der Waals surface area contributed by atoms with Crippen LogP contribution in [0.15, 0.2) is 0 Å². The van der Waals surface area contributed by atoms with E-state index in [-0.39, 0.29) is 18.7 Å². The molecule has 2 fully saturated rings. The Morgan fingerprint density at radius 2 is 1.46 bits per heavy atom. The van der Waals surface area contributed by atoms with Crippen LogP contribution in [0.2, 0.25) is 0 Å². The van der Waals surface area contributed by atoms with Crippen LogP contribution in [-0.4, -0.2) is 136 Å². The van der Waals surface area contributed by atoms with Crippen LogP contribution >= 0.6 is 0 Å². The van der Waals surface area contributed by atoms with E-state index < -0.39 is 75.5 Å². The van der Waals surface area contributed by atoms with Crippen molar-refractivity contribution in [3.05, 3.63) is 0 Å². The van der Waals surface area contributed by atoms with Crippen LogP contribution in [0.4, 0.5) is 0 Å². The summed E-state index contributed by atoms with van der Waals surface area (Å²) < 4.78 is 74.8. The molecule has 0 aromatic carbocycles. The van der Waals surface area contributed by atoms with Gasteiger partial charge in [-0.3, -0.25) is 23.0 Å². The van der Waals surface area contributed by atoms with Crippen molar-refractivity contribution < 1.29 is 64.6 Å². The van der Waals surface area contributed by atoms with Crippen molar-refractivity contribution >= 4 is 26.7 Å². The lowest BCUT2D eigenvalue weighted by Gasteiger charge is -2.49. The van der Waals surface area contributed by atoms with E-state index in [1.165, 1.54) is 7.05 Å². The third kappa shape index (κ3) is 13.0. The number of carbonyl (C=O) groups is 1. The molecule has 0 unspecified atom stereocenters. The molecule has 0 bridgehead atoms. The molecule has 2 aliphatic rings. The number of hydrogen-bond donors (Lipinski definition) is 11. The summed E-state index contributed by atoms with van der Waals surface area (Å²) in [6.45, 7) is 1.50. The predicted molar refractivity (Wildman–Crippen MR) is 124 cm³/mol. The van der Waals surface area contributed by atoms with Crippen molar-refractivity contribution in [2.75, 3.05) is 13.6 Å². The Labute approximate surface area is 213 Å². The molecule has 1 saturated heterocycles. The number of amides is 1. The van der Waals surface area contributed by atoms with Gasteiger partial charge in [0.25, 0.3) is 0 Å². The molecule has 0 radical (unpaired) electrons. The summed E-state index contributed by atoms with van der Waals surface area (Å²) in [4.78, 5) is 13.0. The maximum atomic E-state index is 11.9. The molecule has 1 aliphatic heterocycles. The van der Waals surface area contributed by atoms with Crippen LogP contribution < -0.4 is 22.9 Å². The highest BCUT2D eigenvalue weighted by Crippen LogP contribution is 2.29. The summed E-state index contributed by atoms with van der Waals surface area (Å²) in [6, 6.07) is -2.96. The highest BCUT2D eigenvalue weighted by Gasteiger charge is 2.52. The normalized spacial score (nSPS) is 35.2. The van der Waals surface area contributed by atoms with E-state index >= 15 is 0 Å². The molecule has 1 amide bonds. The second-order valence-corrected chi connectivity index (χ2v) is 10.2. The Morgan fingerprint density at radius 3 is 1.86 bits per heavy atom. The summed E-state index contributed by atoms with van der Waals surface area (Å²) in [7, 11) is -7.96. The van der Waals surface area contributed by atoms with E-state index in [0.29, 0.717) is 12.8 Å². The third-order valence-corrected chi connectivity index (χ3v) is 5.50. The van der Waals surface area contributed by atoms with Gasteiger partial charge in [0, 0.05) is 13.1 Å². The maximum absolute atomic E-state index is 11.9. The van der Waals surface area contributed by atoms with E-state index in [4.69, 9.17) is 67.5 Å². The quantitative estimate of drug-likeness (QED) is 0.133. The SMILES string of the molecule is C[C@H](N)[C@@H]1CC[C@@H](N)[C@@H](O[C@@H]2[C@@H](N)[C@H](O)[C@H](O)[C@@H](N(C)C(=O)CN)[C@H]2O)O1.O=S(=O)(O)O.O=S(=O)(O)O. The number of rotatable bonds is 5. The minimum atomic E-state index is -4.67. The lowest BCUT2D eigenvalue weighted by molar-refractivity contribution is -0.266. The van der Waals surface area contributed by atoms with E-state index in [0.717, 1.165) is 4.90 Å². The Morgan fingerprint density at radius 1 is 1.00 bits per heavy atom. The van der Waals surface area contributed by atoms with E-state index in [9.17, 15) is 20.1 Å². The van der Waals surface area contributed by atoms with E-state index in [1.807, 2.05) is 6.92 Å². The van der Waals surface area contributed by atoms with Gasteiger partial charge in [0.15, 0.2) is 6.29 Å². The van der Waals surface area contributed by atoms with Crippen LogP contribution in [0.5, 0.6) is 0 Å². The topological polar surface area (TPSA) is 353 Å². The monoisotopic (exact) mass is 587 g/mol. The van der Waals surface area contributed by atoms with Crippen molar-refractivity contribution in [1.29, 1.82) is 0 Å². The van der Waals surface area contributed by atoms with Gasteiger partial charge in [0.2, 0.25) is 5.91 Å². The Kier molecular flexibility index (Phi) is 14.4. The van der Waals surface area contributed by atoms with Gasteiger partial charge in [0.05, 0.1) is 36.9 Å². The van der Waals surface area contributed by atoms with Crippen LogP contribution in [0, 0.1) is 0 Å². The molecular formula is C16H37N5O14S2. The van der Waals surface area contributed by atoms with Gasteiger partial charge in [-0.25, -0.2) is 0 Å². The minimum absolute atomic E-state index is 0.234. The molecule has 0 aromatic rings. The number of aliphatic hydroxyl groups excluding tert-OH is 3. The molecule has 19 nitrogen and oxygen atoms in total. The molecule has 10 atom stereocenters. The van der Waals surface area contributed by atoms with Gasteiger partial charge in [-0.05, 0) is 19.8 Å². The van der Waals surface area contributed by atoms with Gasteiger partial charge >= 0.3 is 20.8 Å². The third-order valence-electron chi connectivity index (χ3n) is 5.50. The summed E-state index contributed by atoms with van der Waals surface area (Å²) >= 11 is 0. The van der Waals surface area contributed by atoms with Gasteiger partial charge in [0.1, 0.15) is 18.3 Å². The Hall–Kier alpha value is -1.15. The maximum Gasteiger partial charge on any atom is 0.394 e. The number of carbonyl (C=O) groups excluding carboxylic acids is 1. The number of hydrogen-bond acceptors (Lipinski definition) is 14. The predicted octanol–water partition coefficient (Wildman–Crippen LogP) is -5.55. The summed E-state index contributed by atoms with van der Waals surface area (Å²) in [5, 5.41) is 31.4. The first-order valence-corrected chi connectivity index (χ1v) is 13.4. The molecule has 2 rings (SSSR count). The zero-order valence-electron chi connectivity index (χ0n) is 20.0. The number of nitrogens with two attached hydrogens (primary N) is 4. The first-order valence-electron chi connectivity index (χ1n) is 10.6. The zero-order valence-corrected chi connectivity index (χ0v) is 21.6. The highest BCUT2D eigenvalue weighted by molar-refractivity contribution is 7.80. The Bertz CT molecular complexity index is 877. The van der Waals surface area contributed by atoms with Crippen molar-refractivity contribution in [2.24, 2.45) is 22.9 Å². The number of ether oxygens (including phenoxy) is 2. The smallest absolute Gasteiger partial charge is 0.389 e. The molecule has 0 spiro atoms. The molecule has 21 heteroatoms. The van der Waals surface area contributed by atoms with Crippen molar-refractivity contribution in [2.45, 2.75) is 80.7 Å². The average Bonchev–Trinajstić information content (AvgIpc) is 2.73. The van der Waals surface area contributed by atoms with Crippen LogP contribution in [0.1, 0.15) is 19.8 Å². The second kappa shape index (κ2) is 14.9. The molecule has 37 heavy (non-hydrogen) atoms. The second-order valence-electron chi connectivity index (χ2n) is 8.39. The zero-order chi connectivity index (χ0) is 29.5. The number of likely N-dealkylation sites (N-methyl/N-ethyl adjacent to an activating group) is 1. The standard InChI is InChI=1S/C16H33N5O6.2H2O4S/c1-6(18)8-4-3-7(19)16(26-8)27-15-10(20)12(23)13(24)11(14(15)25)21(2)9(22)5-17;2*1-5(2,3)4/h6-8,10-16,23-25H,3-5,17-20H2,1-2H3;2*(H2,1,2,3,4)/t6-,7+,8-,10-,11+,12-,13+,14+,15+,16+;;/m0../s1. The fourth-order valence-corrected chi connectivity index (χ4v) is 3.70. The van der Waals surface area contributed by atoms with Crippen LogP contribution in [-0.2, 0) is 35.1 Å². The largest absolute Gasteiger partial charge is 0.394 e. The highest BCUT2D eigenvalue weighted by atomic mass is 32.3. The molecule has 1 aliphatic carbocycles.